The minimum Gasteiger partial charge on any atom is -0.433 e. The fraction of sp³-hybridized carbons (Fsp3) is 0.286. The highest BCUT2D eigenvalue weighted by molar-refractivity contribution is 5.92. The second-order valence-electron chi connectivity index (χ2n) is 4.37. The molecule has 7 heteroatoms. The third-order valence-electron chi connectivity index (χ3n) is 2.86. The summed E-state index contributed by atoms with van der Waals surface area (Å²) in [6.45, 7) is -0.631. The van der Waals surface area contributed by atoms with Gasteiger partial charge < -0.3 is 10.1 Å². The summed E-state index contributed by atoms with van der Waals surface area (Å²) in [5.41, 5.74) is 1.17. The van der Waals surface area contributed by atoms with E-state index in [9.17, 15) is 13.6 Å². The lowest BCUT2D eigenvalue weighted by molar-refractivity contribution is -0.116. The Morgan fingerprint density at radius 1 is 1.38 bits per heavy atom. The van der Waals surface area contributed by atoms with Gasteiger partial charge in [0.05, 0.1) is 5.69 Å². The first kappa shape index (κ1) is 15.0. The summed E-state index contributed by atoms with van der Waals surface area (Å²) in [7, 11) is 0. The number of para-hydroxylation sites is 2. The van der Waals surface area contributed by atoms with Crippen molar-refractivity contribution in [3.05, 3.63) is 42.2 Å². The van der Waals surface area contributed by atoms with Gasteiger partial charge in [0.2, 0.25) is 5.91 Å². The normalized spacial score (nSPS) is 10.7. The lowest BCUT2D eigenvalue weighted by atomic mass is 10.2. The average molecular weight is 295 g/mol. The van der Waals surface area contributed by atoms with Crippen molar-refractivity contribution in [1.29, 1.82) is 0 Å². The van der Waals surface area contributed by atoms with Gasteiger partial charge in [-0.2, -0.15) is 13.9 Å². The van der Waals surface area contributed by atoms with Crippen LogP contribution in [0, 0.1) is 6.92 Å². The van der Waals surface area contributed by atoms with E-state index in [-0.39, 0.29) is 23.8 Å². The molecule has 0 atom stereocenters. The highest BCUT2D eigenvalue weighted by Gasteiger charge is 2.11. The van der Waals surface area contributed by atoms with E-state index < -0.39 is 6.61 Å². The summed E-state index contributed by atoms with van der Waals surface area (Å²) in [5.74, 6) is -0.355. The van der Waals surface area contributed by atoms with E-state index in [0.29, 0.717) is 6.54 Å². The topological polar surface area (TPSA) is 56.2 Å². The minimum atomic E-state index is -2.94. The van der Waals surface area contributed by atoms with Gasteiger partial charge in [0.1, 0.15) is 5.75 Å². The van der Waals surface area contributed by atoms with Crippen LogP contribution in [0.2, 0.25) is 0 Å². The Kier molecular flexibility index (Phi) is 4.86. The summed E-state index contributed by atoms with van der Waals surface area (Å²) >= 11 is 0. The van der Waals surface area contributed by atoms with E-state index in [1.807, 2.05) is 13.0 Å². The van der Waals surface area contributed by atoms with E-state index >= 15 is 0 Å². The van der Waals surface area contributed by atoms with Crippen LogP contribution in [0.15, 0.2) is 36.5 Å². The van der Waals surface area contributed by atoms with Gasteiger partial charge >= 0.3 is 6.61 Å². The first-order valence-electron chi connectivity index (χ1n) is 6.38. The van der Waals surface area contributed by atoms with Gasteiger partial charge in [-0.1, -0.05) is 12.1 Å². The summed E-state index contributed by atoms with van der Waals surface area (Å²) in [6.07, 6.45) is 1.84. The zero-order valence-corrected chi connectivity index (χ0v) is 11.4. The molecule has 2 aromatic rings. The summed E-state index contributed by atoms with van der Waals surface area (Å²) < 4.78 is 30.6. The molecule has 21 heavy (non-hydrogen) atoms. The van der Waals surface area contributed by atoms with Crippen LogP contribution in [-0.2, 0) is 11.3 Å². The predicted molar refractivity (Wildman–Crippen MR) is 73.3 cm³/mol. The van der Waals surface area contributed by atoms with Crippen molar-refractivity contribution in [2.75, 3.05) is 5.32 Å². The van der Waals surface area contributed by atoms with Crippen LogP contribution in [0.3, 0.4) is 0 Å². The van der Waals surface area contributed by atoms with Crippen molar-refractivity contribution in [2.45, 2.75) is 26.5 Å². The van der Waals surface area contributed by atoms with Gasteiger partial charge in [-0.25, -0.2) is 0 Å². The molecule has 1 amide bonds. The summed E-state index contributed by atoms with van der Waals surface area (Å²) in [6, 6.07) is 7.91. The van der Waals surface area contributed by atoms with E-state index in [0.717, 1.165) is 5.69 Å². The standard InChI is InChI=1S/C14H15F2N3O2/c1-10-6-8-17-19(10)9-7-13(20)18-11-4-2-3-5-12(11)21-14(15)16/h2-6,8,14H,7,9H2,1H3,(H,18,20). The quantitative estimate of drug-likeness (QED) is 0.891. The number of amides is 1. The SMILES string of the molecule is Cc1ccnn1CCC(=O)Nc1ccccc1OC(F)F. The second kappa shape index (κ2) is 6.83. The van der Waals surface area contributed by atoms with Gasteiger partial charge in [-0.05, 0) is 25.1 Å². The largest absolute Gasteiger partial charge is 0.433 e. The fourth-order valence-electron chi connectivity index (χ4n) is 1.82. The minimum absolute atomic E-state index is 0.0591. The van der Waals surface area contributed by atoms with Gasteiger partial charge in [0, 0.05) is 24.9 Å². The lowest BCUT2D eigenvalue weighted by Crippen LogP contribution is -2.16. The van der Waals surface area contributed by atoms with Gasteiger partial charge in [-0.15, -0.1) is 0 Å². The van der Waals surface area contributed by atoms with E-state index in [1.54, 1.807) is 23.0 Å². The highest BCUT2D eigenvalue weighted by Crippen LogP contribution is 2.25. The van der Waals surface area contributed by atoms with Crippen LogP contribution in [0.4, 0.5) is 14.5 Å². The molecule has 112 valence electrons. The van der Waals surface area contributed by atoms with Gasteiger partial charge in [-0.3, -0.25) is 9.48 Å². The average Bonchev–Trinajstić information content (AvgIpc) is 2.84. The fourth-order valence-corrected chi connectivity index (χ4v) is 1.82. The van der Waals surface area contributed by atoms with Crippen LogP contribution < -0.4 is 10.1 Å². The molecule has 1 N–H and O–H groups in total. The van der Waals surface area contributed by atoms with Crippen molar-refractivity contribution in [1.82, 2.24) is 9.78 Å². The third kappa shape index (κ3) is 4.27. The molecular formula is C14H15F2N3O2. The number of aromatic nitrogens is 2. The lowest BCUT2D eigenvalue weighted by Gasteiger charge is -2.11. The number of hydrogen-bond donors (Lipinski definition) is 1. The number of aryl methyl sites for hydroxylation is 2. The number of benzene rings is 1. The molecule has 0 saturated carbocycles. The Balaban J connectivity index is 1.95. The molecule has 0 bridgehead atoms. The smallest absolute Gasteiger partial charge is 0.387 e. The first-order valence-corrected chi connectivity index (χ1v) is 6.38. The van der Waals surface area contributed by atoms with Crippen LogP contribution in [0.25, 0.3) is 0 Å². The van der Waals surface area contributed by atoms with Crippen LogP contribution in [0.1, 0.15) is 12.1 Å². The number of ether oxygens (including phenoxy) is 1. The molecule has 5 nitrogen and oxygen atoms in total. The Bertz CT molecular complexity index is 614. The van der Waals surface area contributed by atoms with E-state index in [4.69, 9.17) is 0 Å². The van der Waals surface area contributed by atoms with Gasteiger partial charge in [0.25, 0.3) is 0 Å². The van der Waals surface area contributed by atoms with Crippen molar-refractivity contribution < 1.29 is 18.3 Å². The Labute approximate surface area is 120 Å². The monoisotopic (exact) mass is 295 g/mol. The number of nitrogens with zero attached hydrogens (tertiary/aromatic N) is 2. The molecule has 1 heterocycles. The Morgan fingerprint density at radius 3 is 2.81 bits per heavy atom. The molecule has 0 spiro atoms. The van der Waals surface area contributed by atoms with Crippen molar-refractivity contribution in [3.63, 3.8) is 0 Å². The Morgan fingerprint density at radius 2 is 2.14 bits per heavy atom. The second-order valence-corrected chi connectivity index (χ2v) is 4.37. The molecule has 1 aromatic carbocycles. The molecule has 2 rings (SSSR count). The number of alkyl halides is 2. The maximum absolute atomic E-state index is 12.3. The number of hydrogen-bond acceptors (Lipinski definition) is 3. The maximum atomic E-state index is 12.3. The third-order valence-corrected chi connectivity index (χ3v) is 2.86. The number of nitrogens with one attached hydrogen (secondary N) is 1. The van der Waals surface area contributed by atoms with Crippen molar-refractivity contribution in [3.8, 4) is 5.75 Å². The molecule has 0 aliphatic carbocycles. The maximum Gasteiger partial charge on any atom is 0.387 e. The molecule has 0 fully saturated rings. The van der Waals surface area contributed by atoms with E-state index in [1.165, 1.54) is 12.1 Å². The van der Waals surface area contributed by atoms with Crippen LogP contribution in [0.5, 0.6) is 5.75 Å². The molecule has 0 saturated heterocycles. The molecule has 1 aromatic heterocycles. The molecule has 0 unspecified atom stereocenters. The van der Waals surface area contributed by atoms with Crippen molar-refractivity contribution in [2.24, 2.45) is 0 Å². The molecule has 0 radical (unpaired) electrons. The Hall–Kier alpha value is -2.44. The number of halogens is 2. The van der Waals surface area contributed by atoms with E-state index in [2.05, 4.69) is 15.2 Å². The molecular weight excluding hydrogens is 280 g/mol. The van der Waals surface area contributed by atoms with Crippen LogP contribution >= 0.6 is 0 Å². The summed E-state index contributed by atoms with van der Waals surface area (Å²) in [4.78, 5) is 11.9. The number of carbonyl (C=O) groups is 1. The highest BCUT2D eigenvalue weighted by atomic mass is 19.3. The first-order chi connectivity index (χ1) is 10.1. The number of carbonyl (C=O) groups excluding carboxylic acids is 1. The zero-order valence-electron chi connectivity index (χ0n) is 11.4. The number of rotatable bonds is 6. The predicted octanol–water partition coefficient (Wildman–Crippen LogP) is 2.82. The molecule has 0 aliphatic heterocycles. The number of anilines is 1. The van der Waals surface area contributed by atoms with Gasteiger partial charge in [0.15, 0.2) is 0 Å². The van der Waals surface area contributed by atoms with Crippen molar-refractivity contribution >= 4 is 11.6 Å². The molecule has 0 aliphatic rings. The summed E-state index contributed by atoms with van der Waals surface area (Å²) in [5, 5.41) is 6.62. The zero-order chi connectivity index (χ0) is 15.2. The van der Waals surface area contributed by atoms with Crippen LogP contribution in [-0.4, -0.2) is 22.3 Å².